The minimum absolute atomic E-state index is 0.0665. The Hall–Kier alpha value is -1.66. The maximum absolute atomic E-state index is 10.6. The first kappa shape index (κ1) is 11.8. The van der Waals surface area contributed by atoms with Gasteiger partial charge in [0.05, 0.1) is 15.3 Å². The lowest BCUT2D eigenvalue weighted by molar-refractivity contribution is -0.384. The molecule has 1 heterocycles. The van der Waals surface area contributed by atoms with Crippen LogP contribution in [0.3, 0.4) is 0 Å². The molecular weight excluding hydrogens is 264 g/mol. The summed E-state index contributed by atoms with van der Waals surface area (Å²) in [5.41, 5.74) is 1.58. The second-order valence-corrected chi connectivity index (χ2v) is 4.50. The van der Waals surface area contributed by atoms with Crippen LogP contribution in [-0.4, -0.2) is 9.91 Å². The van der Waals surface area contributed by atoms with Crippen LogP contribution < -0.4 is 4.74 Å². The molecule has 0 N–H and O–H groups in total. The van der Waals surface area contributed by atoms with Gasteiger partial charge in [0.15, 0.2) is 0 Å². The molecule has 0 radical (unpaired) electrons. The number of benzene rings is 1. The van der Waals surface area contributed by atoms with E-state index in [1.165, 1.54) is 29.5 Å². The molecule has 17 heavy (non-hydrogen) atoms. The Labute approximate surface area is 106 Å². The minimum atomic E-state index is -0.532. The summed E-state index contributed by atoms with van der Waals surface area (Å²) in [4.78, 5) is 14.9. The number of halogens is 1. The van der Waals surface area contributed by atoms with Gasteiger partial charge in [-0.05, 0) is 6.07 Å². The van der Waals surface area contributed by atoms with E-state index in [1.807, 2.05) is 0 Å². The van der Waals surface area contributed by atoms with Gasteiger partial charge >= 0.3 is 0 Å². The zero-order valence-electron chi connectivity index (χ0n) is 8.50. The van der Waals surface area contributed by atoms with E-state index in [4.69, 9.17) is 16.3 Å². The Kier molecular flexibility index (Phi) is 3.55. The monoisotopic (exact) mass is 270 g/mol. The largest absolute Gasteiger partial charge is 0.488 e. The van der Waals surface area contributed by atoms with Crippen LogP contribution in [-0.2, 0) is 6.61 Å². The van der Waals surface area contributed by atoms with Crippen LogP contribution in [0.5, 0.6) is 5.75 Å². The highest BCUT2D eigenvalue weighted by atomic mass is 35.5. The predicted molar refractivity (Wildman–Crippen MR) is 64.6 cm³/mol. The molecule has 0 amide bonds. The number of hydrogen-bond donors (Lipinski definition) is 0. The van der Waals surface area contributed by atoms with Crippen molar-refractivity contribution in [1.82, 2.24) is 4.98 Å². The molecular formula is C10H7ClN2O3S. The van der Waals surface area contributed by atoms with Crippen LogP contribution in [0.15, 0.2) is 29.9 Å². The standard InChI is InChI=1S/C10H7ClN2O3S/c11-9-3-7(1-2-10(9)13(14)15)16-5-8-4-12-6-17-8/h1-4,6H,5H2. The first-order valence-corrected chi connectivity index (χ1v) is 5.86. The van der Waals surface area contributed by atoms with Crippen molar-refractivity contribution in [3.8, 4) is 5.75 Å². The van der Waals surface area contributed by atoms with E-state index >= 15 is 0 Å². The highest BCUT2D eigenvalue weighted by Gasteiger charge is 2.12. The summed E-state index contributed by atoms with van der Waals surface area (Å²) in [6.07, 6.45) is 1.71. The molecule has 1 aromatic carbocycles. The summed E-state index contributed by atoms with van der Waals surface area (Å²) >= 11 is 7.23. The fourth-order valence-electron chi connectivity index (χ4n) is 1.19. The van der Waals surface area contributed by atoms with E-state index < -0.39 is 4.92 Å². The molecule has 0 spiro atoms. The number of nitro groups is 1. The lowest BCUT2D eigenvalue weighted by Gasteiger charge is -2.04. The highest BCUT2D eigenvalue weighted by molar-refractivity contribution is 7.09. The van der Waals surface area contributed by atoms with Gasteiger partial charge in [0, 0.05) is 18.3 Å². The van der Waals surface area contributed by atoms with Crippen molar-refractivity contribution in [2.24, 2.45) is 0 Å². The molecule has 0 bridgehead atoms. The van der Waals surface area contributed by atoms with Crippen LogP contribution in [0.4, 0.5) is 5.69 Å². The first-order valence-electron chi connectivity index (χ1n) is 4.61. The Balaban J connectivity index is 2.07. The fourth-order valence-corrected chi connectivity index (χ4v) is 1.94. The first-order chi connectivity index (χ1) is 8.16. The van der Waals surface area contributed by atoms with Gasteiger partial charge in [0.25, 0.3) is 5.69 Å². The van der Waals surface area contributed by atoms with Gasteiger partial charge in [-0.1, -0.05) is 11.6 Å². The molecule has 0 fully saturated rings. The van der Waals surface area contributed by atoms with Crippen molar-refractivity contribution in [3.63, 3.8) is 0 Å². The van der Waals surface area contributed by atoms with Gasteiger partial charge < -0.3 is 4.74 Å². The molecule has 0 saturated heterocycles. The normalized spacial score (nSPS) is 10.2. The maximum atomic E-state index is 10.6. The Bertz CT molecular complexity index is 530. The molecule has 0 saturated carbocycles. The number of hydrogen-bond acceptors (Lipinski definition) is 5. The Morgan fingerprint density at radius 2 is 2.35 bits per heavy atom. The second-order valence-electron chi connectivity index (χ2n) is 3.13. The van der Waals surface area contributed by atoms with Crippen molar-refractivity contribution >= 4 is 28.6 Å². The number of nitro benzene ring substituents is 1. The third-order valence-corrected chi connectivity index (χ3v) is 3.04. The third kappa shape index (κ3) is 2.92. The lowest BCUT2D eigenvalue weighted by Crippen LogP contribution is -1.94. The summed E-state index contributed by atoms with van der Waals surface area (Å²) < 4.78 is 5.43. The van der Waals surface area contributed by atoms with Crippen molar-refractivity contribution in [2.45, 2.75) is 6.61 Å². The van der Waals surface area contributed by atoms with Crippen LogP contribution in [0.25, 0.3) is 0 Å². The zero-order chi connectivity index (χ0) is 12.3. The molecule has 0 atom stereocenters. The average molecular weight is 271 g/mol. The van der Waals surface area contributed by atoms with Crippen LogP contribution >= 0.6 is 22.9 Å². The molecule has 0 aliphatic carbocycles. The number of thiazole rings is 1. The molecule has 0 aliphatic rings. The van der Waals surface area contributed by atoms with E-state index in [0.29, 0.717) is 12.4 Å². The van der Waals surface area contributed by atoms with Crippen LogP contribution in [0.1, 0.15) is 4.88 Å². The van der Waals surface area contributed by atoms with Crippen LogP contribution in [0.2, 0.25) is 5.02 Å². The fraction of sp³-hybridized carbons (Fsp3) is 0.100. The minimum Gasteiger partial charge on any atom is -0.488 e. The molecule has 0 aliphatic heterocycles. The van der Waals surface area contributed by atoms with E-state index in [-0.39, 0.29) is 10.7 Å². The Morgan fingerprint density at radius 3 is 2.94 bits per heavy atom. The summed E-state index contributed by atoms with van der Waals surface area (Å²) in [6, 6.07) is 4.27. The van der Waals surface area contributed by atoms with Crippen molar-refractivity contribution < 1.29 is 9.66 Å². The molecule has 0 unspecified atom stereocenters. The average Bonchev–Trinajstić information content (AvgIpc) is 2.78. The van der Waals surface area contributed by atoms with Crippen molar-refractivity contribution in [3.05, 3.63) is 49.9 Å². The summed E-state index contributed by atoms with van der Waals surface area (Å²) in [6.45, 7) is 0.374. The third-order valence-electron chi connectivity index (χ3n) is 1.98. The van der Waals surface area contributed by atoms with Gasteiger partial charge in [-0.25, -0.2) is 0 Å². The number of aromatic nitrogens is 1. The van der Waals surface area contributed by atoms with Crippen LogP contribution in [0, 0.1) is 10.1 Å². The number of ether oxygens (including phenoxy) is 1. The van der Waals surface area contributed by atoms with Gasteiger partial charge in [0.2, 0.25) is 0 Å². The predicted octanol–water partition coefficient (Wildman–Crippen LogP) is 3.28. The van der Waals surface area contributed by atoms with Crippen molar-refractivity contribution in [1.29, 1.82) is 0 Å². The highest BCUT2D eigenvalue weighted by Crippen LogP contribution is 2.28. The lowest BCUT2D eigenvalue weighted by atomic mass is 10.3. The molecule has 2 rings (SSSR count). The number of rotatable bonds is 4. The van der Waals surface area contributed by atoms with E-state index in [9.17, 15) is 10.1 Å². The van der Waals surface area contributed by atoms with Gasteiger partial charge in [0.1, 0.15) is 17.4 Å². The molecule has 88 valence electrons. The summed E-state index contributed by atoms with van der Waals surface area (Å²) in [5.74, 6) is 0.494. The topological polar surface area (TPSA) is 65.3 Å². The quantitative estimate of drug-likeness (QED) is 0.632. The molecule has 1 aromatic heterocycles. The Morgan fingerprint density at radius 1 is 1.53 bits per heavy atom. The summed E-state index contributed by atoms with van der Waals surface area (Å²) in [5, 5.41) is 10.6. The molecule has 2 aromatic rings. The second kappa shape index (κ2) is 5.11. The van der Waals surface area contributed by atoms with E-state index in [2.05, 4.69) is 4.98 Å². The maximum Gasteiger partial charge on any atom is 0.288 e. The smallest absolute Gasteiger partial charge is 0.288 e. The van der Waals surface area contributed by atoms with E-state index in [0.717, 1.165) is 4.88 Å². The van der Waals surface area contributed by atoms with E-state index in [1.54, 1.807) is 11.7 Å². The van der Waals surface area contributed by atoms with Gasteiger partial charge in [-0.3, -0.25) is 15.1 Å². The molecule has 7 heteroatoms. The van der Waals surface area contributed by atoms with Crippen molar-refractivity contribution in [2.75, 3.05) is 0 Å². The number of nitrogens with zero attached hydrogens (tertiary/aromatic N) is 2. The van der Waals surface area contributed by atoms with Gasteiger partial charge in [-0.2, -0.15) is 0 Å². The zero-order valence-corrected chi connectivity index (χ0v) is 10.1. The SMILES string of the molecule is O=[N+]([O-])c1ccc(OCc2cncs2)cc1Cl. The molecule has 5 nitrogen and oxygen atoms in total. The summed E-state index contributed by atoms with van der Waals surface area (Å²) in [7, 11) is 0. The van der Waals surface area contributed by atoms with Gasteiger partial charge in [-0.15, -0.1) is 11.3 Å².